The van der Waals surface area contributed by atoms with Gasteiger partial charge >= 0.3 is 0 Å². The number of aromatic nitrogens is 2. The number of rotatable bonds is 6. The van der Waals surface area contributed by atoms with E-state index in [0.717, 1.165) is 18.7 Å². The summed E-state index contributed by atoms with van der Waals surface area (Å²) in [5, 5.41) is 10.7. The summed E-state index contributed by atoms with van der Waals surface area (Å²) in [5.74, 6) is 1.31. The number of ether oxygens (including phenoxy) is 2. The average molecular weight is 381 g/mol. The molecule has 0 bridgehead atoms. The molecule has 1 aromatic heterocycles. The largest absolute Gasteiger partial charge is 0.493 e. The monoisotopic (exact) mass is 380 g/mol. The number of hydrogen-bond acceptors (Lipinski definition) is 5. The number of carbonyl (C=O) groups excluding carboxylic acids is 1. The smallest absolute Gasteiger partial charge is 0.248 e. The summed E-state index contributed by atoms with van der Waals surface area (Å²) in [4.78, 5) is 13.0. The number of nitrogens with one attached hydrogen (secondary N) is 2. The molecule has 142 valence electrons. The van der Waals surface area contributed by atoms with E-state index in [1.807, 2.05) is 30.5 Å². The van der Waals surface area contributed by atoms with Gasteiger partial charge in [0.05, 0.1) is 14.2 Å². The Morgan fingerprint density at radius 2 is 2.00 bits per heavy atom. The maximum atomic E-state index is 13.0. The number of carbonyl (C=O) groups is 1. The fourth-order valence-corrected chi connectivity index (χ4v) is 3.26. The number of benzene rings is 1. The quantitative estimate of drug-likeness (QED) is 0.797. The van der Waals surface area contributed by atoms with E-state index in [0.29, 0.717) is 30.9 Å². The highest BCUT2D eigenvalue weighted by atomic mass is 35.5. The second-order valence-electron chi connectivity index (χ2n) is 6.10. The number of amides is 1. The van der Waals surface area contributed by atoms with Gasteiger partial charge < -0.3 is 20.1 Å². The molecule has 8 heteroatoms. The highest BCUT2D eigenvalue weighted by Gasteiger charge is 2.41. The van der Waals surface area contributed by atoms with Gasteiger partial charge in [0.1, 0.15) is 5.54 Å². The average Bonchev–Trinajstić information content (AvgIpc) is 3.21. The van der Waals surface area contributed by atoms with E-state index in [2.05, 4.69) is 15.7 Å². The van der Waals surface area contributed by atoms with Crippen LogP contribution < -0.4 is 20.1 Å². The van der Waals surface area contributed by atoms with Crippen LogP contribution in [0.1, 0.15) is 18.4 Å². The molecule has 1 aliphatic rings. The minimum absolute atomic E-state index is 0. The van der Waals surface area contributed by atoms with Gasteiger partial charge in [-0.2, -0.15) is 5.10 Å². The van der Waals surface area contributed by atoms with Crippen molar-refractivity contribution in [3.05, 3.63) is 42.2 Å². The van der Waals surface area contributed by atoms with Gasteiger partial charge in [-0.25, -0.2) is 0 Å². The lowest BCUT2D eigenvalue weighted by atomic mass is 9.87. The first kappa shape index (κ1) is 20.1. The number of halogens is 1. The van der Waals surface area contributed by atoms with Crippen LogP contribution in [0.2, 0.25) is 0 Å². The summed E-state index contributed by atoms with van der Waals surface area (Å²) in [7, 11) is 3.20. The van der Waals surface area contributed by atoms with Crippen molar-refractivity contribution in [3.8, 4) is 11.5 Å². The van der Waals surface area contributed by atoms with Crippen molar-refractivity contribution in [2.45, 2.75) is 24.9 Å². The van der Waals surface area contributed by atoms with Crippen LogP contribution in [-0.2, 0) is 16.9 Å². The Hall–Kier alpha value is -2.25. The second kappa shape index (κ2) is 8.91. The van der Waals surface area contributed by atoms with E-state index >= 15 is 0 Å². The molecule has 1 aromatic carbocycles. The van der Waals surface area contributed by atoms with Gasteiger partial charge in [0.2, 0.25) is 5.91 Å². The fraction of sp³-hybridized carbons (Fsp3) is 0.444. The third kappa shape index (κ3) is 3.94. The molecule has 0 aliphatic carbocycles. The van der Waals surface area contributed by atoms with Crippen molar-refractivity contribution in [2.24, 2.45) is 0 Å². The predicted octanol–water partition coefficient (Wildman–Crippen LogP) is 1.72. The molecular weight excluding hydrogens is 356 g/mol. The van der Waals surface area contributed by atoms with Crippen LogP contribution in [0, 0.1) is 0 Å². The van der Waals surface area contributed by atoms with E-state index in [9.17, 15) is 4.79 Å². The zero-order valence-corrected chi connectivity index (χ0v) is 15.8. The molecular formula is C18H25ClN4O3. The van der Waals surface area contributed by atoms with Crippen molar-refractivity contribution < 1.29 is 14.3 Å². The van der Waals surface area contributed by atoms with Gasteiger partial charge in [0.25, 0.3) is 0 Å². The van der Waals surface area contributed by atoms with Crippen LogP contribution in [0.3, 0.4) is 0 Å². The lowest BCUT2D eigenvalue weighted by Gasteiger charge is -2.36. The molecule has 3 rings (SSSR count). The first-order chi connectivity index (χ1) is 12.2. The lowest BCUT2D eigenvalue weighted by molar-refractivity contribution is -0.132. The molecule has 7 nitrogen and oxygen atoms in total. The molecule has 0 saturated carbocycles. The Bertz CT molecular complexity index is 715. The molecule has 1 aliphatic heterocycles. The Kier molecular flexibility index (Phi) is 6.88. The Morgan fingerprint density at radius 3 is 2.62 bits per heavy atom. The van der Waals surface area contributed by atoms with E-state index < -0.39 is 5.54 Å². The molecule has 1 saturated heterocycles. The van der Waals surface area contributed by atoms with Crippen LogP contribution in [0.5, 0.6) is 11.5 Å². The first-order valence-corrected chi connectivity index (χ1v) is 8.39. The molecule has 0 radical (unpaired) electrons. The third-order valence-corrected chi connectivity index (χ3v) is 4.70. The summed E-state index contributed by atoms with van der Waals surface area (Å²) >= 11 is 0. The fourth-order valence-electron chi connectivity index (χ4n) is 3.26. The molecule has 1 fully saturated rings. The Balaban J connectivity index is 0.00000243. The van der Waals surface area contributed by atoms with Gasteiger partial charge in [-0.05, 0) is 49.7 Å². The van der Waals surface area contributed by atoms with Gasteiger partial charge in [0, 0.05) is 18.9 Å². The van der Waals surface area contributed by atoms with Crippen LogP contribution >= 0.6 is 12.4 Å². The summed E-state index contributed by atoms with van der Waals surface area (Å²) < 4.78 is 12.4. The van der Waals surface area contributed by atoms with Crippen LogP contribution in [0.15, 0.2) is 36.7 Å². The first-order valence-electron chi connectivity index (χ1n) is 8.39. The second-order valence-corrected chi connectivity index (χ2v) is 6.10. The molecule has 0 unspecified atom stereocenters. The van der Waals surface area contributed by atoms with E-state index in [-0.39, 0.29) is 18.3 Å². The van der Waals surface area contributed by atoms with Gasteiger partial charge in [-0.15, -0.1) is 12.4 Å². The van der Waals surface area contributed by atoms with E-state index in [1.165, 1.54) is 0 Å². The third-order valence-electron chi connectivity index (χ3n) is 4.70. The predicted molar refractivity (Wildman–Crippen MR) is 101 cm³/mol. The minimum Gasteiger partial charge on any atom is -0.493 e. The normalized spacial score (nSPS) is 15.6. The molecule has 2 aromatic rings. The van der Waals surface area contributed by atoms with Crippen molar-refractivity contribution >= 4 is 18.3 Å². The molecule has 26 heavy (non-hydrogen) atoms. The minimum atomic E-state index is -0.634. The maximum Gasteiger partial charge on any atom is 0.248 e. The van der Waals surface area contributed by atoms with Crippen LogP contribution in [0.4, 0.5) is 0 Å². The van der Waals surface area contributed by atoms with Crippen molar-refractivity contribution in [1.82, 2.24) is 20.4 Å². The molecule has 0 atom stereocenters. The van der Waals surface area contributed by atoms with Crippen LogP contribution in [0.25, 0.3) is 0 Å². The standard InChI is InChI=1S/C18H24N4O3.ClH/c1-24-15-5-4-14(12-16(15)25-2)13-20-17(23)18(6-9-19-10-7-18)22-11-3-8-21-22;/h3-5,8,11-12,19H,6-7,9-10,13H2,1-2H3,(H,20,23);1H. The SMILES string of the molecule is COc1ccc(CNC(=O)C2(n3cccn3)CCNCC2)cc1OC.Cl. The maximum absolute atomic E-state index is 13.0. The zero-order chi connectivity index (χ0) is 17.7. The Morgan fingerprint density at radius 1 is 1.27 bits per heavy atom. The highest BCUT2D eigenvalue weighted by Crippen LogP contribution is 2.29. The van der Waals surface area contributed by atoms with E-state index in [4.69, 9.17) is 9.47 Å². The summed E-state index contributed by atoms with van der Waals surface area (Å²) in [5.41, 5.74) is 0.321. The summed E-state index contributed by atoms with van der Waals surface area (Å²) in [6, 6.07) is 7.49. The van der Waals surface area contributed by atoms with E-state index in [1.54, 1.807) is 25.1 Å². The van der Waals surface area contributed by atoms with Crippen molar-refractivity contribution in [2.75, 3.05) is 27.3 Å². The van der Waals surface area contributed by atoms with Gasteiger partial charge in [0.15, 0.2) is 11.5 Å². The van der Waals surface area contributed by atoms with Gasteiger partial charge in [-0.3, -0.25) is 9.48 Å². The summed E-state index contributed by atoms with van der Waals surface area (Å²) in [6.45, 7) is 2.02. The topological polar surface area (TPSA) is 77.4 Å². The number of methoxy groups -OCH3 is 2. The zero-order valence-electron chi connectivity index (χ0n) is 15.0. The molecule has 0 spiro atoms. The number of hydrogen-bond donors (Lipinski definition) is 2. The highest BCUT2D eigenvalue weighted by molar-refractivity contribution is 5.85. The Labute approximate surface area is 159 Å². The van der Waals surface area contributed by atoms with Crippen LogP contribution in [-0.4, -0.2) is 43.0 Å². The molecule has 2 heterocycles. The number of piperidine rings is 1. The van der Waals surface area contributed by atoms with Crippen molar-refractivity contribution in [1.29, 1.82) is 0 Å². The lowest BCUT2D eigenvalue weighted by Crippen LogP contribution is -2.54. The molecule has 1 amide bonds. The van der Waals surface area contributed by atoms with Gasteiger partial charge in [-0.1, -0.05) is 6.07 Å². The summed E-state index contributed by atoms with van der Waals surface area (Å²) in [6.07, 6.45) is 5.01. The molecule has 2 N–H and O–H groups in total. The number of nitrogens with zero attached hydrogens (tertiary/aromatic N) is 2. The van der Waals surface area contributed by atoms with Crippen molar-refractivity contribution in [3.63, 3.8) is 0 Å².